The van der Waals surface area contributed by atoms with Crippen LogP contribution in [0.25, 0.3) is 0 Å². The van der Waals surface area contributed by atoms with Crippen molar-refractivity contribution in [2.24, 2.45) is 5.73 Å². The normalized spacial score (nSPS) is 23.2. The lowest BCUT2D eigenvalue weighted by molar-refractivity contribution is 0.0690. The fourth-order valence-electron chi connectivity index (χ4n) is 2.64. The summed E-state index contributed by atoms with van der Waals surface area (Å²) in [5.74, 6) is 0.107. The summed E-state index contributed by atoms with van der Waals surface area (Å²) in [6.45, 7) is 2.00. The van der Waals surface area contributed by atoms with Crippen LogP contribution < -0.4 is 5.73 Å². The molecule has 0 atom stereocenters. The summed E-state index contributed by atoms with van der Waals surface area (Å²) in [6.07, 6.45) is 4.06. The standard InChI is InChI=1S/C15H21BrN2O/c1-10-9-11(3-8-14(10)16)15(19)18(2)13-6-4-12(17)5-7-13/h3,8-9,12-13H,4-7,17H2,1-2H3. The molecule has 104 valence electrons. The summed E-state index contributed by atoms with van der Waals surface area (Å²) >= 11 is 3.46. The van der Waals surface area contributed by atoms with Gasteiger partial charge in [-0.1, -0.05) is 15.9 Å². The number of nitrogens with zero attached hydrogens (tertiary/aromatic N) is 1. The first-order valence-corrected chi connectivity index (χ1v) is 7.57. The maximum absolute atomic E-state index is 12.5. The molecule has 3 nitrogen and oxygen atoms in total. The lowest BCUT2D eigenvalue weighted by Crippen LogP contribution is -2.41. The van der Waals surface area contributed by atoms with Gasteiger partial charge in [-0.2, -0.15) is 0 Å². The summed E-state index contributed by atoms with van der Waals surface area (Å²) in [7, 11) is 1.90. The van der Waals surface area contributed by atoms with E-state index in [1.807, 2.05) is 37.1 Å². The minimum atomic E-state index is 0.107. The van der Waals surface area contributed by atoms with Gasteiger partial charge < -0.3 is 10.6 Å². The Balaban J connectivity index is 2.08. The third-order valence-electron chi connectivity index (χ3n) is 4.01. The van der Waals surface area contributed by atoms with Crippen molar-refractivity contribution in [3.05, 3.63) is 33.8 Å². The summed E-state index contributed by atoms with van der Waals surface area (Å²) in [6, 6.07) is 6.40. The number of carbonyl (C=O) groups is 1. The van der Waals surface area contributed by atoms with E-state index in [1.165, 1.54) is 0 Å². The lowest BCUT2D eigenvalue weighted by atomic mass is 9.90. The second kappa shape index (κ2) is 6.06. The Kier molecular flexibility index (Phi) is 4.63. The first-order chi connectivity index (χ1) is 8.99. The highest BCUT2D eigenvalue weighted by molar-refractivity contribution is 9.10. The van der Waals surface area contributed by atoms with Crippen LogP contribution in [0.4, 0.5) is 0 Å². The van der Waals surface area contributed by atoms with E-state index >= 15 is 0 Å². The number of nitrogens with two attached hydrogens (primary N) is 1. The quantitative estimate of drug-likeness (QED) is 0.908. The highest BCUT2D eigenvalue weighted by atomic mass is 79.9. The van der Waals surface area contributed by atoms with Gasteiger partial charge in [0.2, 0.25) is 0 Å². The smallest absolute Gasteiger partial charge is 0.253 e. The molecule has 1 fully saturated rings. The van der Waals surface area contributed by atoms with E-state index in [0.717, 1.165) is 41.3 Å². The molecular weight excluding hydrogens is 304 g/mol. The highest BCUT2D eigenvalue weighted by Crippen LogP contribution is 2.23. The topological polar surface area (TPSA) is 46.3 Å². The van der Waals surface area contributed by atoms with E-state index in [2.05, 4.69) is 15.9 Å². The molecule has 4 heteroatoms. The van der Waals surface area contributed by atoms with Crippen LogP contribution in [0.1, 0.15) is 41.6 Å². The molecule has 2 rings (SSSR count). The zero-order valence-corrected chi connectivity index (χ0v) is 13.1. The van der Waals surface area contributed by atoms with Crippen molar-refractivity contribution in [1.29, 1.82) is 0 Å². The fourth-order valence-corrected chi connectivity index (χ4v) is 2.88. The van der Waals surface area contributed by atoms with Gasteiger partial charge in [0.1, 0.15) is 0 Å². The molecule has 1 aromatic carbocycles. The Morgan fingerprint density at radius 2 is 1.95 bits per heavy atom. The minimum Gasteiger partial charge on any atom is -0.339 e. The Bertz CT molecular complexity index is 467. The third kappa shape index (κ3) is 3.37. The van der Waals surface area contributed by atoms with Gasteiger partial charge in [0.25, 0.3) is 5.91 Å². The first-order valence-electron chi connectivity index (χ1n) is 6.78. The third-order valence-corrected chi connectivity index (χ3v) is 4.90. The molecule has 0 spiro atoms. The van der Waals surface area contributed by atoms with Crippen molar-refractivity contribution in [2.45, 2.75) is 44.7 Å². The van der Waals surface area contributed by atoms with Crippen molar-refractivity contribution < 1.29 is 4.79 Å². The van der Waals surface area contributed by atoms with Crippen LogP contribution in [-0.4, -0.2) is 29.9 Å². The molecular formula is C15H21BrN2O. The van der Waals surface area contributed by atoms with Crippen LogP contribution in [0, 0.1) is 6.92 Å². The average Bonchev–Trinajstić information content (AvgIpc) is 2.41. The van der Waals surface area contributed by atoms with Crippen molar-refractivity contribution in [2.75, 3.05) is 7.05 Å². The predicted octanol–water partition coefficient (Wildman–Crippen LogP) is 3.10. The first kappa shape index (κ1) is 14.5. The molecule has 0 aliphatic heterocycles. The van der Waals surface area contributed by atoms with E-state index in [4.69, 9.17) is 5.73 Å². The van der Waals surface area contributed by atoms with Crippen molar-refractivity contribution in [3.63, 3.8) is 0 Å². The van der Waals surface area contributed by atoms with Gasteiger partial charge >= 0.3 is 0 Å². The zero-order chi connectivity index (χ0) is 14.0. The summed E-state index contributed by atoms with van der Waals surface area (Å²) in [5, 5.41) is 0. The van der Waals surface area contributed by atoms with Gasteiger partial charge in [0.15, 0.2) is 0 Å². The monoisotopic (exact) mass is 324 g/mol. The van der Waals surface area contributed by atoms with E-state index in [-0.39, 0.29) is 5.91 Å². The largest absolute Gasteiger partial charge is 0.339 e. The molecule has 0 radical (unpaired) electrons. The van der Waals surface area contributed by atoms with Gasteiger partial charge in [-0.05, 0) is 56.4 Å². The Labute approximate surface area is 123 Å². The predicted molar refractivity (Wildman–Crippen MR) is 81.2 cm³/mol. The van der Waals surface area contributed by atoms with Crippen LogP contribution in [0.2, 0.25) is 0 Å². The van der Waals surface area contributed by atoms with Crippen LogP contribution >= 0.6 is 15.9 Å². The Morgan fingerprint density at radius 3 is 2.53 bits per heavy atom. The van der Waals surface area contributed by atoms with Gasteiger partial charge in [-0.3, -0.25) is 4.79 Å². The van der Waals surface area contributed by atoms with E-state index in [9.17, 15) is 4.79 Å². The van der Waals surface area contributed by atoms with Gasteiger partial charge in [-0.15, -0.1) is 0 Å². The number of hydrogen-bond donors (Lipinski definition) is 1. The average molecular weight is 325 g/mol. The molecule has 1 saturated carbocycles. The van der Waals surface area contributed by atoms with Gasteiger partial charge in [-0.25, -0.2) is 0 Å². The Morgan fingerprint density at radius 1 is 1.32 bits per heavy atom. The number of aryl methyl sites for hydroxylation is 1. The molecule has 0 unspecified atom stereocenters. The van der Waals surface area contributed by atoms with E-state index in [1.54, 1.807) is 0 Å². The summed E-state index contributed by atoms with van der Waals surface area (Å²) in [4.78, 5) is 14.4. The van der Waals surface area contributed by atoms with Crippen LogP contribution in [0.15, 0.2) is 22.7 Å². The molecule has 1 aliphatic rings. The van der Waals surface area contributed by atoms with Crippen LogP contribution in [-0.2, 0) is 0 Å². The Hall–Kier alpha value is -0.870. The van der Waals surface area contributed by atoms with Crippen LogP contribution in [0.5, 0.6) is 0 Å². The number of rotatable bonds is 2. The molecule has 0 saturated heterocycles. The number of amides is 1. The van der Waals surface area contributed by atoms with Crippen LogP contribution in [0.3, 0.4) is 0 Å². The molecule has 1 aromatic rings. The maximum atomic E-state index is 12.5. The number of carbonyl (C=O) groups excluding carboxylic acids is 1. The summed E-state index contributed by atoms with van der Waals surface area (Å²) in [5.41, 5.74) is 7.76. The van der Waals surface area contributed by atoms with E-state index < -0.39 is 0 Å². The second-order valence-electron chi connectivity index (χ2n) is 5.45. The number of benzene rings is 1. The van der Waals surface area contributed by atoms with Crippen molar-refractivity contribution in [3.8, 4) is 0 Å². The van der Waals surface area contributed by atoms with Crippen molar-refractivity contribution in [1.82, 2.24) is 4.90 Å². The molecule has 2 N–H and O–H groups in total. The molecule has 0 heterocycles. The zero-order valence-electron chi connectivity index (χ0n) is 11.5. The maximum Gasteiger partial charge on any atom is 0.253 e. The summed E-state index contributed by atoms with van der Waals surface area (Å²) < 4.78 is 1.04. The van der Waals surface area contributed by atoms with Gasteiger partial charge in [0, 0.05) is 29.2 Å². The molecule has 19 heavy (non-hydrogen) atoms. The number of hydrogen-bond acceptors (Lipinski definition) is 2. The lowest BCUT2D eigenvalue weighted by Gasteiger charge is -2.33. The molecule has 1 amide bonds. The SMILES string of the molecule is Cc1cc(C(=O)N(C)C2CCC(N)CC2)ccc1Br. The molecule has 1 aliphatic carbocycles. The molecule has 0 aromatic heterocycles. The second-order valence-corrected chi connectivity index (χ2v) is 6.30. The van der Waals surface area contributed by atoms with Gasteiger partial charge in [0.05, 0.1) is 0 Å². The highest BCUT2D eigenvalue weighted by Gasteiger charge is 2.25. The number of halogens is 1. The molecule has 0 bridgehead atoms. The fraction of sp³-hybridized carbons (Fsp3) is 0.533. The van der Waals surface area contributed by atoms with Crippen molar-refractivity contribution >= 4 is 21.8 Å². The van der Waals surface area contributed by atoms with E-state index in [0.29, 0.717) is 12.1 Å². The minimum absolute atomic E-state index is 0.107.